The Balaban J connectivity index is 2.53. The van der Waals surface area contributed by atoms with E-state index in [-0.39, 0.29) is 10.7 Å². The molecular weight excluding hydrogens is 193 g/mol. The van der Waals surface area contributed by atoms with Gasteiger partial charge in [-0.15, -0.1) is 0 Å². The average Bonchev–Trinajstić information content (AvgIpc) is 2.56. The molecule has 0 atom stereocenters. The minimum Gasteiger partial charge on any atom is -0.343 e. The first-order valence-electron chi connectivity index (χ1n) is 3.58. The maximum atomic E-state index is 13.2. The first-order chi connectivity index (χ1) is 6.27. The lowest BCUT2D eigenvalue weighted by atomic mass is 10.3. The molecule has 0 amide bonds. The van der Waals surface area contributed by atoms with E-state index in [4.69, 9.17) is 11.6 Å². The minimum atomic E-state index is -0.484. The Morgan fingerprint density at radius 3 is 2.85 bits per heavy atom. The molecule has 0 spiro atoms. The summed E-state index contributed by atoms with van der Waals surface area (Å²) in [5.74, 6) is -0.0865. The lowest BCUT2D eigenvalue weighted by Crippen LogP contribution is -1.90. The molecule has 66 valence electrons. The normalized spacial score (nSPS) is 10.3. The second-order valence-electron chi connectivity index (χ2n) is 2.42. The molecule has 0 aliphatic heterocycles. The highest BCUT2D eigenvalue weighted by molar-refractivity contribution is 6.30. The van der Waals surface area contributed by atoms with Gasteiger partial charge in [0.2, 0.25) is 0 Å². The molecule has 13 heavy (non-hydrogen) atoms. The van der Waals surface area contributed by atoms with Crippen LogP contribution in [0.25, 0.3) is 11.5 Å². The van der Waals surface area contributed by atoms with Crippen LogP contribution in [-0.2, 0) is 0 Å². The van der Waals surface area contributed by atoms with E-state index in [0.717, 1.165) is 0 Å². The summed E-state index contributed by atoms with van der Waals surface area (Å²) < 4.78 is 13.2. The van der Waals surface area contributed by atoms with Gasteiger partial charge in [0.1, 0.15) is 5.69 Å². The Morgan fingerprint density at radius 2 is 2.23 bits per heavy atom. The Hall–Kier alpha value is -1.42. The van der Waals surface area contributed by atoms with Gasteiger partial charge in [-0.2, -0.15) is 0 Å². The quantitative estimate of drug-likeness (QED) is 0.762. The van der Waals surface area contributed by atoms with Gasteiger partial charge in [-0.05, 0) is 6.07 Å². The largest absolute Gasteiger partial charge is 0.343 e. The Morgan fingerprint density at radius 1 is 1.38 bits per heavy atom. The number of imidazole rings is 1. The number of nitrogens with one attached hydrogen (secondary N) is 1. The first-order valence-corrected chi connectivity index (χ1v) is 3.96. The van der Waals surface area contributed by atoms with Crippen LogP contribution in [0.5, 0.6) is 0 Å². The molecule has 2 aromatic rings. The van der Waals surface area contributed by atoms with Crippen molar-refractivity contribution in [3.8, 4) is 11.5 Å². The number of aromatic amines is 1. The van der Waals surface area contributed by atoms with Crippen molar-refractivity contribution in [2.24, 2.45) is 0 Å². The van der Waals surface area contributed by atoms with E-state index in [1.807, 2.05) is 0 Å². The number of nitrogens with zero attached hydrogens (tertiary/aromatic N) is 2. The zero-order valence-corrected chi connectivity index (χ0v) is 7.22. The van der Waals surface area contributed by atoms with Crippen molar-refractivity contribution < 1.29 is 4.39 Å². The summed E-state index contributed by atoms with van der Waals surface area (Å²) in [7, 11) is 0. The maximum Gasteiger partial charge on any atom is 0.159 e. The van der Waals surface area contributed by atoms with Crippen LogP contribution >= 0.6 is 11.6 Å². The van der Waals surface area contributed by atoms with E-state index in [2.05, 4.69) is 15.0 Å². The molecule has 0 saturated carbocycles. The molecule has 0 saturated heterocycles. The molecule has 0 aromatic carbocycles. The van der Waals surface area contributed by atoms with Gasteiger partial charge in [-0.1, -0.05) is 11.6 Å². The van der Waals surface area contributed by atoms with Crippen LogP contribution < -0.4 is 0 Å². The third-order valence-corrected chi connectivity index (χ3v) is 1.74. The molecule has 0 unspecified atom stereocenters. The highest BCUT2D eigenvalue weighted by Gasteiger charge is 2.08. The number of hydrogen-bond donors (Lipinski definition) is 1. The van der Waals surface area contributed by atoms with Gasteiger partial charge in [0.15, 0.2) is 11.6 Å². The third kappa shape index (κ3) is 1.53. The van der Waals surface area contributed by atoms with Crippen LogP contribution in [0.15, 0.2) is 24.7 Å². The maximum absolute atomic E-state index is 13.2. The van der Waals surface area contributed by atoms with E-state index < -0.39 is 5.82 Å². The zero-order chi connectivity index (χ0) is 9.26. The lowest BCUT2D eigenvalue weighted by Gasteiger charge is -1.97. The van der Waals surface area contributed by atoms with Crippen LogP contribution in [0.2, 0.25) is 5.02 Å². The van der Waals surface area contributed by atoms with Gasteiger partial charge in [-0.3, -0.25) is 0 Å². The lowest BCUT2D eigenvalue weighted by molar-refractivity contribution is 0.624. The molecule has 0 aliphatic carbocycles. The molecule has 0 radical (unpaired) electrons. The number of H-pyrrole nitrogens is 1. The molecule has 2 aromatic heterocycles. The fraction of sp³-hybridized carbons (Fsp3) is 0. The first kappa shape index (κ1) is 8.19. The number of rotatable bonds is 1. The number of pyridine rings is 1. The molecule has 5 heteroatoms. The van der Waals surface area contributed by atoms with E-state index in [9.17, 15) is 4.39 Å². The molecule has 2 heterocycles. The summed E-state index contributed by atoms with van der Waals surface area (Å²) in [5, 5.41) is 0.271. The Labute approximate surface area is 78.6 Å². The Kier molecular flexibility index (Phi) is 1.98. The number of halogens is 2. The second kappa shape index (κ2) is 3.14. The van der Waals surface area contributed by atoms with Gasteiger partial charge in [0.25, 0.3) is 0 Å². The molecule has 3 nitrogen and oxygen atoms in total. The van der Waals surface area contributed by atoms with Gasteiger partial charge in [0.05, 0.1) is 5.02 Å². The van der Waals surface area contributed by atoms with E-state index in [1.165, 1.54) is 18.5 Å². The molecule has 0 bridgehead atoms. The van der Waals surface area contributed by atoms with Gasteiger partial charge >= 0.3 is 0 Å². The summed E-state index contributed by atoms with van der Waals surface area (Å²) in [6, 6.07) is 1.20. The number of hydrogen-bond acceptors (Lipinski definition) is 2. The van der Waals surface area contributed by atoms with Crippen molar-refractivity contribution in [1.82, 2.24) is 15.0 Å². The predicted molar refractivity (Wildman–Crippen MR) is 46.8 cm³/mol. The van der Waals surface area contributed by atoms with Crippen LogP contribution in [0.1, 0.15) is 0 Å². The van der Waals surface area contributed by atoms with Crippen molar-refractivity contribution in [3.05, 3.63) is 35.5 Å². The summed E-state index contributed by atoms with van der Waals surface area (Å²) in [6.07, 6.45) is 4.51. The summed E-state index contributed by atoms with van der Waals surface area (Å²) in [4.78, 5) is 10.5. The minimum absolute atomic E-state index is 0.175. The van der Waals surface area contributed by atoms with Crippen LogP contribution in [0.3, 0.4) is 0 Å². The van der Waals surface area contributed by atoms with Crippen molar-refractivity contribution in [3.63, 3.8) is 0 Å². The van der Waals surface area contributed by atoms with E-state index in [0.29, 0.717) is 5.82 Å². The van der Waals surface area contributed by atoms with Crippen molar-refractivity contribution in [2.75, 3.05) is 0 Å². The van der Waals surface area contributed by atoms with Crippen molar-refractivity contribution >= 4 is 11.6 Å². The third-order valence-electron chi connectivity index (χ3n) is 1.53. The van der Waals surface area contributed by atoms with E-state index >= 15 is 0 Å². The van der Waals surface area contributed by atoms with Crippen LogP contribution in [-0.4, -0.2) is 15.0 Å². The summed E-state index contributed by atoms with van der Waals surface area (Å²) in [5.41, 5.74) is 0.175. The fourth-order valence-corrected chi connectivity index (χ4v) is 1.13. The second-order valence-corrected chi connectivity index (χ2v) is 2.86. The van der Waals surface area contributed by atoms with Crippen LogP contribution in [0.4, 0.5) is 4.39 Å². The number of aromatic nitrogens is 3. The Bertz CT molecular complexity index is 413. The van der Waals surface area contributed by atoms with Gasteiger partial charge in [0, 0.05) is 18.6 Å². The van der Waals surface area contributed by atoms with Crippen molar-refractivity contribution in [1.29, 1.82) is 0 Å². The van der Waals surface area contributed by atoms with E-state index in [1.54, 1.807) is 6.20 Å². The van der Waals surface area contributed by atoms with Crippen LogP contribution in [0, 0.1) is 5.82 Å². The highest BCUT2D eigenvalue weighted by Crippen LogP contribution is 2.18. The molecule has 0 aliphatic rings. The average molecular weight is 198 g/mol. The fourth-order valence-electron chi connectivity index (χ4n) is 0.984. The topological polar surface area (TPSA) is 41.6 Å². The van der Waals surface area contributed by atoms with Crippen molar-refractivity contribution in [2.45, 2.75) is 0 Å². The molecule has 2 rings (SSSR count). The van der Waals surface area contributed by atoms with Gasteiger partial charge in [-0.25, -0.2) is 14.4 Å². The predicted octanol–water partition coefficient (Wildman–Crippen LogP) is 2.26. The highest BCUT2D eigenvalue weighted by atomic mass is 35.5. The molecule has 1 N–H and O–H groups in total. The van der Waals surface area contributed by atoms with Gasteiger partial charge < -0.3 is 4.98 Å². The monoisotopic (exact) mass is 197 g/mol. The molecule has 0 fully saturated rings. The SMILES string of the molecule is Fc1cc(Cl)cnc1-c1ncc[nH]1. The standard InChI is InChI=1S/C8H5ClFN3/c9-5-3-6(10)7(13-4-5)8-11-1-2-12-8/h1-4H,(H,11,12). The summed E-state index contributed by atoms with van der Waals surface area (Å²) >= 11 is 5.55. The molecular formula is C8H5ClFN3. The zero-order valence-electron chi connectivity index (χ0n) is 6.46. The summed E-state index contributed by atoms with van der Waals surface area (Å²) in [6.45, 7) is 0. The smallest absolute Gasteiger partial charge is 0.159 e.